The maximum atomic E-state index is 12.1. The largest absolute Gasteiger partial charge is 0.384 e. The summed E-state index contributed by atoms with van der Waals surface area (Å²) in [6.07, 6.45) is 3.54. The van der Waals surface area contributed by atoms with Crippen molar-refractivity contribution in [3.8, 4) is 0 Å². The molecule has 0 spiro atoms. The molecule has 0 unspecified atom stereocenters. The van der Waals surface area contributed by atoms with Crippen molar-refractivity contribution in [1.82, 2.24) is 15.3 Å². The highest BCUT2D eigenvalue weighted by Gasteiger charge is 2.28. The first-order valence-electron chi connectivity index (χ1n) is 7.49. The zero-order chi connectivity index (χ0) is 15.4. The number of amides is 1. The van der Waals surface area contributed by atoms with Gasteiger partial charge in [-0.15, -0.1) is 0 Å². The number of anilines is 1. The second kappa shape index (κ2) is 7.11. The number of rotatable bonds is 4. The van der Waals surface area contributed by atoms with Crippen LogP contribution in [0.15, 0.2) is 11.2 Å². The SMILES string of the molecule is Cc1cc(N)nc(SCC(=O)N[C@@H]2CCC[C@@H](C)[C@H]2C)n1. The van der Waals surface area contributed by atoms with Crippen LogP contribution in [0.3, 0.4) is 0 Å². The lowest BCUT2D eigenvalue weighted by molar-refractivity contribution is -0.120. The molecule has 1 aromatic heterocycles. The van der Waals surface area contributed by atoms with E-state index in [0.29, 0.717) is 34.6 Å². The fourth-order valence-electron chi connectivity index (χ4n) is 2.79. The zero-order valence-corrected chi connectivity index (χ0v) is 13.7. The van der Waals surface area contributed by atoms with Gasteiger partial charge in [0, 0.05) is 17.8 Å². The number of aromatic nitrogens is 2. The molecule has 1 aromatic rings. The van der Waals surface area contributed by atoms with Gasteiger partial charge in [-0.05, 0) is 25.2 Å². The summed E-state index contributed by atoms with van der Waals surface area (Å²) < 4.78 is 0. The van der Waals surface area contributed by atoms with Crippen LogP contribution in [0, 0.1) is 18.8 Å². The number of carbonyl (C=O) groups excluding carboxylic acids is 1. The molecule has 0 saturated heterocycles. The summed E-state index contributed by atoms with van der Waals surface area (Å²) >= 11 is 1.33. The van der Waals surface area contributed by atoms with E-state index in [1.807, 2.05) is 6.92 Å². The Kier molecular flexibility index (Phi) is 5.45. The summed E-state index contributed by atoms with van der Waals surface area (Å²) in [5.41, 5.74) is 6.50. The lowest BCUT2D eigenvalue weighted by atomic mass is 9.78. The Morgan fingerprint density at radius 2 is 2.19 bits per heavy atom. The van der Waals surface area contributed by atoms with Crippen LogP contribution in [-0.4, -0.2) is 27.7 Å². The van der Waals surface area contributed by atoms with Crippen LogP contribution in [0.1, 0.15) is 38.8 Å². The lowest BCUT2D eigenvalue weighted by Crippen LogP contribution is -2.44. The normalized spacial score (nSPS) is 25.6. The summed E-state index contributed by atoms with van der Waals surface area (Å²) in [6, 6.07) is 2.01. The highest BCUT2D eigenvalue weighted by molar-refractivity contribution is 7.99. The van der Waals surface area contributed by atoms with Gasteiger partial charge in [0.25, 0.3) is 0 Å². The van der Waals surface area contributed by atoms with Gasteiger partial charge in [-0.3, -0.25) is 4.79 Å². The number of nitrogens with zero attached hydrogens (tertiary/aromatic N) is 2. The van der Waals surface area contributed by atoms with Crippen LogP contribution in [0.2, 0.25) is 0 Å². The fourth-order valence-corrected chi connectivity index (χ4v) is 3.52. The molecule has 1 saturated carbocycles. The summed E-state index contributed by atoms with van der Waals surface area (Å²) in [5, 5.41) is 3.71. The molecule has 3 atom stereocenters. The molecule has 5 nitrogen and oxygen atoms in total. The van der Waals surface area contributed by atoms with E-state index in [1.165, 1.54) is 24.6 Å². The van der Waals surface area contributed by atoms with Crippen molar-refractivity contribution in [2.24, 2.45) is 11.8 Å². The van der Waals surface area contributed by atoms with Gasteiger partial charge in [0.2, 0.25) is 5.91 Å². The third-order valence-corrected chi connectivity index (χ3v) is 5.09. The van der Waals surface area contributed by atoms with Gasteiger partial charge in [-0.25, -0.2) is 9.97 Å². The van der Waals surface area contributed by atoms with Crippen molar-refractivity contribution in [3.63, 3.8) is 0 Å². The van der Waals surface area contributed by atoms with Crippen LogP contribution < -0.4 is 11.1 Å². The Labute approximate surface area is 130 Å². The number of nitrogen functional groups attached to an aromatic ring is 1. The fraction of sp³-hybridized carbons (Fsp3) is 0.667. The van der Waals surface area contributed by atoms with E-state index in [9.17, 15) is 4.79 Å². The smallest absolute Gasteiger partial charge is 0.230 e. The van der Waals surface area contributed by atoms with Gasteiger partial charge in [0.05, 0.1) is 5.75 Å². The molecule has 1 amide bonds. The number of thioether (sulfide) groups is 1. The number of nitrogens with one attached hydrogen (secondary N) is 1. The van der Waals surface area contributed by atoms with Gasteiger partial charge < -0.3 is 11.1 Å². The quantitative estimate of drug-likeness (QED) is 0.659. The van der Waals surface area contributed by atoms with Gasteiger partial charge in [0.15, 0.2) is 5.16 Å². The van der Waals surface area contributed by atoms with E-state index in [0.717, 1.165) is 12.1 Å². The molecular formula is C15H24N4OS. The molecule has 0 bridgehead atoms. The van der Waals surface area contributed by atoms with Gasteiger partial charge in [0.1, 0.15) is 5.82 Å². The topological polar surface area (TPSA) is 80.9 Å². The van der Waals surface area contributed by atoms with E-state index in [1.54, 1.807) is 6.07 Å². The van der Waals surface area contributed by atoms with E-state index in [4.69, 9.17) is 5.73 Å². The average molecular weight is 308 g/mol. The van der Waals surface area contributed by atoms with Gasteiger partial charge in [-0.2, -0.15) is 0 Å². The molecule has 0 aromatic carbocycles. The van der Waals surface area contributed by atoms with E-state index in [2.05, 4.69) is 29.1 Å². The van der Waals surface area contributed by atoms with Crippen molar-refractivity contribution in [1.29, 1.82) is 0 Å². The molecule has 1 aliphatic rings. The molecule has 0 radical (unpaired) electrons. The lowest BCUT2D eigenvalue weighted by Gasteiger charge is -2.34. The Morgan fingerprint density at radius 3 is 2.90 bits per heavy atom. The number of hydrogen-bond donors (Lipinski definition) is 2. The van der Waals surface area contributed by atoms with Crippen molar-refractivity contribution >= 4 is 23.5 Å². The van der Waals surface area contributed by atoms with Crippen molar-refractivity contribution < 1.29 is 4.79 Å². The maximum absolute atomic E-state index is 12.1. The zero-order valence-electron chi connectivity index (χ0n) is 12.9. The minimum atomic E-state index is 0.0506. The predicted octanol–water partition coefficient (Wildman–Crippen LogP) is 2.40. The number of hydrogen-bond acceptors (Lipinski definition) is 5. The molecule has 116 valence electrons. The van der Waals surface area contributed by atoms with Crippen LogP contribution in [-0.2, 0) is 4.79 Å². The minimum absolute atomic E-state index is 0.0506. The first-order valence-corrected chi connectivity index (χ1v) is 8.47. The van der Waals surface area contributed by atoms with Crippen LogP contribution in [0.4, 0.5) is 5.82 Å². The maximum Gasteiger partial charge on any atom is 0.230 e. The second-order valence-corrected chi connectivity index (χ2v) is 6.89. The molecule has 3 N–H and O–H groups in total. The molecule has 1 heterocycles. The molecule has 1 fully saturated rings. The van der Waals surface area contributed by atoms with E-state index in [-0.39, 0.29) is 5.91 Å². The van der Waals surface area contributed by atoms with E-state index < -0.39 is 0 Å². The minimum Gasteiger partial charge on any atom is -0.384 e. The molecule has 0 aliphatic heterocycles. The van der Waals surface area contributed by atoms with Gasteiger partial charge in [-0.1, -0.05) is 38.5 Å². The van der Waals surface area contributed by atoms with E-state index >= 15 is 0 Å². The highest BCUT2D eigenvalue weighted by Crippen LogP contribution is 2.29. The van der Waals surface area contributed by atoms with Crippen LogP contribution >= 0.6 is 11.8 Å². The second-order valence-electron chi connectivity index (χ2n) is 5.95. The third-order valence-electron chi connectivity index (χ3n) is 4.24. The number of carbonyl (C=O) groups is 1. The Hall–Kier alpha value is -1.30. The van der Waals surface area contributed by atoms with Crippen LogP contribution in [0.25, 0.3) is 0 Å². The first kappa shape index (κ1) is 16.1. The summed E-state index contributed by atoms with van der Waals surface area (Å²) in [6.45, 7) is 6.36. The standard InChI is InChI=1S/C15H24N4OS/c1-9-5-4-6-12(11(9)3)18-14(20)8-21-15-17-10(2)7-13(16)19-15/h7,9,11-12H,4-6,8H2,1-3H3,(H,18,20)(H2,16,17,19)/t9-,11-,12-/m1/s1. The molecule has 6 heteroatoms. The first-order chi connectivity index (χ1) is 9.95. The summed E-state index contributed by atoms with van der Waals surface area (Å²) in [7, 11) is 0. The number of aryl methyl sites for hydroxylation is 1. The summed E-state index contributed by atoms with van der Waals surface area (Å²) in [4.78, 5) is 20.5. The molecule has 2 rings (SSSR count). The number of nitrogens with two attached hydrogens (primary N) is 1. The van der Waals surface area contributed by atoms with Crippen molar-refractivity contribution in [2.75, 3.05) is 11.5 Å². The monoisotopic (exact) mass is 308 g/mol. The Balaban J connectivity index is 1.84. The summed E-state index contributed by atoms with van der Waals surface area (Å²) in [5.74, 6) is 2.05. The molecule has 21 heavy (non-hydrogen) atoms. The van der Waals surface area contributed by atoms with Gasteiger partial charge >= 0.3 is 0 Å². The molecule has 1 aliphatic carbocycles. The average Bonchev–Trinajstić information content (AvgIpc) is 2.41. The third kappa shape index (κ3) is 4.59. The predicted molar refractivity (Wildman–Crippen MR) is 86.0 cm³/mol. The highest BCUT2D eigenvalue weighted by atomic mass is 32.2. The van der Waals surface area contributed by atoms with Crippen LogP contribution in [0.5, 0.6) is 0 Å². The molecular weight excluding hydrogens is 284 g/mol. The van der Waals surface area contributed by atoms with Crippen molar-refractivity contribution in [2.45, 2.75) is 51.2 Å². The Morgan fingerprint density at radius 1 is 1.43 bits per heavy atom. The van der Waals surface area contributed by atoms with Crippen molar-refractivity contribution in [3.05, 3.63) is 11.8 Å². The Bertz CT molecular complexity index is 488.